The lowest BCUT2D eigenvalue weighted by Gasteiger charge is -2.31. The van der Waals surface area contributed by atoms with E-state index in [0.717, 1.165) is 6.54 Å². The fourth-order valence-corrected chi connectivity index (χ4v) is 2.18. The van der Waals surface area contributed by atoms with E-state index in [1.54, 1.807) is 0 Å². The van der Waals surface area contributed by atoms with Crippen LogP contribution in [0, 0.1) is 5.92 Å². The number of nitrogens with one attached hydrogen (secondary N) is 1. The van der Waals surface area contributed by atoms with E-state index in [-0.39, 0.29) is 12.2 Å². The average Bonchev–Trinajstić information content (AvgIpc) is 2.52. The zero-order valence-corrected chi connectivity index (χ0v) is 7.95. The lowest BCUT2D eigenvalue weighted by Crippen LogP contribution is -2.39. The molecule has 74 valence electrons. The molecule has 0 radical (unpaired) electrons. The Bertz CT molecular complexity index is 208. The van der Waals surface area contributed by atoms with Crippen molar-refractivity contribution in [2.75, 3.05) is 26.7 Å². The van der Waals surface area contributed by atoms with Crippen molar-refractivity contribution in [2.24, 2.45) is 5.92 Å². The van der Waals surface area contributed by atoms with E-state index in [9.17, 15) is 4.79 Å². The number of hydrogen-bond acceptors (Lipinski definition) is 3. The van der Waals surface area contributed by atoms with Crippen molar-refractivity contribution >= 4 is 6.09 Å². The topological polar surface area (TPSA) is 41.6 Å². The quantitative estimate of drug-likeness (QED) is 0.643. The van der Waals surface area contributed by atoms with E-state index in [1.165, 1.54) is 19.4 Å². The maximum atomic E-state index is 10.8. The highest BCUT2D eigenvalue weighted by Crippen LogP contribution is 2.22. The molecule has 2 fully saturated rings. The number of nitrogens with zero attached hydrogens (tertiary/aromatic N) is 1. The van der Waals surface area contributed by atoms with Crippen LogP contribution < -0.4 is 5.32 Å². The number of amides is 1. The van der Waals surface area contributed by atoms with Gasteiger partial charge in [0.25, 0.3) is 0 Å². The van der Waals surface area contributed by atoms with Gasteiger partial charge in [-0.1, -0.05) is 0 Å². The van der Waals surface area contributed by atoms with Crippen LogP contribution in [0.1, 0.15) is 12.8 Å². The van der Waals surface area contributed by atoms with Crippen LogP contribution in [0.2, 0.25) is 0 Å². The van der Waals surface area contributed by atoms with E-state index < -0.39 is 0 Å². The Labute approximate surface area is 78.2 Å². The first-order chi connectivity index (χ1) is 6.25. The number of carbonyl (C=O) groups excluding carboxylic acids is 1. The van der Waals surface area contributed by atoms with Crippen LogP contribution in [0.4, 0.5) is 4.79 Å². The van der Waals surface area contributed by atoms with E-state index in [4.69, 9.17) is 4.74 Å². The predicted molar refractivity (Wildman–Crippen MR) is 48.5 cm³/mol. The van der Waals surface area contributed by atoms with Crippen molar-refractivity contribution in [3.63, 3.8) is 0 Å². The van der Waals surface area contributed by atoms with Gasteiger partial charge in [0.05, 0.1) is 6.54 Å². The molecule has 2 aliphatic rings. The van der Waals surface area contributed by atoms with E-state index >= 15 is 0 Å². The molecular formula is C9H16N2O2. The Hall–Kier alpha value is -0.770. The van der Waals surface area contributed by atoms with Gasteiger partial charge < -0.3 is 15.0 Å². The molecular weight excluding hydrogens is 168 g/mol. The maximum Gasteiger partial charge on any atom is 0.407 e. The number of hydrogen-bond donors (Lipinski definition) is 1. The summed E-state index contributed by atoms with van der Waals surface area (Å²) in [5.41, 5.74) is 0. The van der Waals surface area contributed by atoms with Gasteiger partial charge in [-0.25, -0.2) is 4.79 Å². The average molecular weight is 184 g/mol. The van der Waals surface area contributed by atoms with Crippen LogP contribution in [-0.2, 0) is 4.74 Å². The summed E-state index contributed by atoms with van der Waals surface area (Å²) in [7, 11) is 2.12. The number of ether oxygens (including phenoxy) is 1. The normalized spacial score (nSPS) is 35.6. The van der Waals surface area contributed by atoms with Gasteiger partial charge in [0, 0.05) is 12.5 Å². The summed E-state index contributed by atoms with van der Waals surface area (Å²) in [6, 6.07) is 0. The molecule has 0 aromatic rings. The fourth-order valence-electron chi connectivity index (χ4n) is 2.18. The van der Waals surface area contributed by atoms with Crippen LogP contribution in [0.5, 0.6) is 0 Å². The summed E-state index contributed by atoms with van der Waals surface area (Å²) in [6.07, 6.45) is 2.26. The summed E-state index contributed by atoms with van der Waals surface area (Å²) < 4.78 is 5.17. The van der Waals surface area contributed by atoms with Gasteiger partial charge in [0.15, 0.2) is 0 Å². The molecule has 0 spiro atoms. The summed E-state index contributed by atoms with van der Waals surface area (Å²) in [6.45, 7) is 2.92. The summed E-state index contributed by atoms with van der Waals surface area (Å²) >= 11 is 0. The second-order valence-corrected chi connectivity index (χ2v) is 3.99. The molecule has 4 heteroatoms. The van der Waals surface area contributed by atoms with Crippen LogP contribution in [-0.4, -0.2) is 43.8 Å². The molecule has 2 saturated heterocycles. The largest absolute Gasteiger partial charge is 0.444 e. The number of alkyl carbamates (subject to hydrolysis) is 1. The SMILES string of the molecule is CN1CCCC(C2CNC(=O)O2)C1. The van der Waals surface area contributed by atoms with Crippen molar-refractivity contribution in [1.82, 2.24) is 10.2 Å². The van der Waals surface area contributed by atoms with Crippen LogP contribution in [0.3, 0.4) is 0 Å². The van der Waals surface area contributed by atoms with Crippen molar-refractivity contribution in [2.45, 2.75) is 18.9 Å². The van der Waals surface area contributed by atoms with Gasteiger partial charge in [-0.2, -0.15) is 0 Å². The van der Waals surface area contributed by atoms with Gasteiger partial charge in [-0.3, -0.25) is 0 Å². The Morgan fingerprint density at radius 3 is 3.08 bits per heavy atom. The highest BCUT2D eigenvalue weighted by molar-refractivity contribution is 5.69. The smallest absolute Gasteiger partial charge is 0.407 e. The summed E-state index contributed by atoms with van der Waals surface area (Å²) in [4.78, 5) is 13.1. The monoisotopic (exact) mass is 184 g/mol. The molecule has 2 unspecified atom stereocenters. The highest BCUT2D eigenvalue weighted by Gasteiger charge is 2.32. The van der Waals surface area contributed by atoms with E-state index in [2.05, 4.69) is 17.3 Å². The van der Waals surface area contributed by atoms with Gasteiger partial charge >= 0.3 is 6.09 Å². The van der Waals surface area contributed by atoms with Crippen LogP contribution >= 0.6 is 0 Å². The second kappa shape index (κ2) is 3.54. The molecule has 1 amide bonds. The van der Waals surface area contributed by atoms with Gasteiger partial charge in [-0.15, -0.1) is 0 Å². The van der Waals surface area contributed by atoms with Crippen molar-refractivity contribution in [3.05, 3.63) is 0 Å². The third-order valence-electron chi connectivity index (χ3n) is 2.89. The van der Waals surface area contributed by atoms with E-state index in [0.29, 0.717) is 12.5 Å². The Morgan fingerprint density at radius 2 is 2.46 bits per heavy atom. The predicted octanol–water partition coefficient (Wildman–Crippen LogP) is 0.437. The number of cyclic esters (lactones) is 1. The number of rotatable bonds is 1. The molecule has 2 atom stereocenters. The molecule has 2 aliphatic heterocycles. The highest BCUT2D eigenvalue weighted by atomic mass is 16.6. The standard InChI is InChI=1S/C9H16N2O2/c1-11-4-2-3-7(6-11)8-5-10-9(12)13-8/h7-8H,2-6H2,1H3,(H,10,12). The van der Waals surface area contributed by atoms with Gasteiger partial charge in [-0.05, 0) is 26.4 Å². The molecule has 0 saturated carbocycles. The van der Waals surface area contributed by atoms with Crippen LogP contribution in [0.25, 0.3) is 0 Å². The Balaban J connectivity index is 1.89. The lowest BCUT2D eigenvalue weighted by molar-refractivity contribution is 0.0683. The Kier molecular flexibility index (Phi) is 2.40. The molecule has 0 aromatic carbocycles. The van der Waals surface area contributed by atoms with E-state index in [1.807, 2.05) is 0 Å². The number of carbonyl (C=O) groups is 1. The summed E-state index contributed by atoms with van der Waals surface area (Å²) in [5, 5.41) is 2.70. The van der Waals surface area contributed by atoms with Crippen molar-refractivity contribution < 1.29 is 9.53 Å². The first kappa shape index (κ1) is 8.81. The molecule has 1 N–H and O–H groups in total. The molecule has 4 nitrogen and oxygen atoms in total. The maximum absolute atomic E-state index is 10.8. The molecule has 2 heterocycles. The van der Waals surface area contributed by atoms with Crippen molar-refractivity contribution in [3.8, 4) is 0 Å². The number of likely N-dealkylation sites (tertiary alicyclic amines) is 1. The third-order valence-corrected chi connectivity index (χ3v) is 2.89. The zero-order valence-electron chi connectivity index (χ0n) is 7.95. The molecule has 0 bridgehead atoms. The minimum absolute atomic E-state index is 0.107. The third kappa shape index (κ3) is 1.94. The van der Waals surface area contributed by atoms with Crippen LogP contribution in [0.15, 0.2) is 0 Å². The van der Waals surface area contributed by atoms with Crippen molar-refractivity contribution in [1.29, 1.82) is 0 Å². The van der Waals surface area contributed by atoms with Gasteiger partial charge in [0.2, 0.25) is 0 Å². The summed E-state index contributed by atoms with van der Waals surface area (Å²) in [5.74, 6) is 0.526. The van der Waals surface area contributed by atoms with Gasteiger partial charge in [0.1, 0.15) is 6.10 Å². The minimum atomic E-state index is -0.252. The molecule has 0 aromatic heterocycles. The first-order valence-electron chi connectivity index (χ1n) is 4.89. The lowest BCUT2D eigenvalue weighted by atomic mass is 9.93. The first-order valence-corrected chi connectivity index (χ1v) is 4.89. The molecule has 2 rings (SSSR count). The molecule has 13 heavy (non-hydrogen) atoms. The molecule has 0 aliphatic carbocycles. The zero-order chi connectivity index (χ0) is 9.26. The fraction of sp³-hybridized carbons (Fsp3) is 0.889. The minimum Gasteiger partial charge on any atom is -0.444 e. The number of piperidine rings is 1. The second-order valence-electron chi connectivity index (χ2n) is 3.99. The Morgan fingerprint density at radius 1 is 1.62 bits per heavy atom.